The molecule has 0 aliphatic heterocycles. The van der Waals surface area contributed by atoms with Gasteiger partial charge in [-0.2, -0.15) is 0 Å². The molecule has 102 valence electrons. The van der Waals surface area contributed by atoms with Gasteiger partial charge in [0, 0.05) is 19.6 Å². The fraction of sp³-hybridized carbons (Fsp3) is 0.600. The van der Waals surface area contributed by atoms with Gasteiger partial charge in [0.25, 0.3) is 0 Å². The summed E-state index contributed by atoms with van der Waals surface area (Å²) in [4.78, 5) is 8.23. The second-order valence-corrected chi connectivity index (χ2v) is 5.49. The van der Waals surface area contributed by atoms with Crippen molar-refractivity contribution in [2.75, 3.05) is 36.0 Å². The Balaban J connectivity index is 2.46. The van der Waals surface area contributed by atoms with Crippen LogP contribution in [0.4, 0.5) is 11.6 Å². The number of anilines is 2. The van der Waals surface area contributed by atoms with Gasteiger partial charge in [0.1, 0.15) is 11.6 Å². The Morgan fingerprint density at radius 3 is 2.39 bits per heavy atom. The number of hydrogen-bond acceptors (Lipinski definition) is 6. The van der Waals surface area contributed by atoms with Crippen LogP contribution in [0.5, 0.6) is 0 Å². The van der Waals surface area contributed by atoms with Gasteiger partial charge >= 0.3 is 0 Å². The molecule has 0 saturated heterocycles. The van der Waals surface area contributed by atoms with Crippen LogP contribution in [0.15, 0.2) is 12.4 Å². The number of nitrogens with zero attached hydrogens (tertiary/aromatic N) is 2. The summed E-state index contributed by atoms with van der Waals surface area (Å²) in [7, 11) is -3.20. The first-order valence-electron chi connectivity index (χ1n) is 5.84. The third-order valence-electron chi connectivity index (χ3n) is 2.03. The molecule has 1 aromatic heterocycles. The molecule has 1 heterocycles. The van der Waals surface area contributed by atoms with E-state index in [9.17, 15) is 8.42 Å². The second-order valence-electron chi connectivity index (χ2n) is 3.56. The minimum absolute atomic E-state index is 0.00789. The Labute approximate surface area is 107 Å². The van der Waals surface area contributed by atoms with Crippen molar-refractivity contribution in [1.82, 2.24) is 14.7 Å². The predicted octanol–water partition coefficient (Wildman–Crippen LogP) is 0.260. The topological polar surface area (TPSA) is 96.0 Å². The maximum atomic E-state index is 11.4. The normalized spacial score (nSPS) is 11.2. The van der Waals surface area contributed by atoms with Crippen LogP contribution >= 0.6 is 0 Å². The molecule has 0 saturated carbocycles. The standard InChI is InChI=1S/C10H19N5O2S/c1-3-12-9-7-11-8-10(15-9)13-5-6-18(16,17)14-4-2/h7-8,14H,3-6H2,1-2H3,(H2,12,13,15). The van der Waals surface area contributed by atoms with Crippen molar-refractivity contribution < 1.29 is 8.42 Å². The zero-order valence-electron chi connectivity index (χ0n) is 10.6. The van der Waals surface area contributed by atoms with E-state index in [0.29, 0.717) is 24.7 Å². The lowest BCUT2D eigenvalue weighted by molar-refractivity contribution is 0.584. The third kappa shape index (κ3) is 5.28. The average Bonchev–Trinajstić information content (AvgIpc) is 2.29. The van der Waals surface area contributed by atoms with E-state index in [0.717, 1.165) is 6.54 Å². The molecule has 0 atom stereocenters. The molecule has 7 nitrogen and oxygen atoms in total. The molecule has 1 aromatic rings. The highest BCUT2D eigenvalue weighted by atomic mass is 32.2. The Kier molecular flexibility index (Phi) is 5.79. The zero-order valence-corrected chi connectivity index (χ0v) is 11.4. The summed E-state index contributed by atoms with van der Waals surface area (Å²) >= 11 is 0. The molecule has 0 aromatic carbocycles. The minimum Gasteiger partial charge on any atom is -0.369 e. The largest absolute Gasteiger partial charge is 0.369 e. The van der Waals surface area contributed by atoms with Crippen molar-refractivity contribution in [1.29, 1.82) is 0 Å². The van der Waals surface area contributed by atoms with Crippen molar-refractivity contribution in [3.05, 3.63) is 12.4 Å². The first-order chi connectivity index (χ1) is 8.57. The van der Waals surface area contributed by atoms with Crippen LogP contribution in [0.3, 0.4) is 0 Å². The monoisotopic (exact) mass is 273 g/mol. The first-order valence-corrected chi connectivity index (χ1v) is 7.49. The molecule has 0 fully saturated rings. The van der Waals surface area contributed by atoms with E-state index in [4.69, 9.17) is 0 Å². The molecular formula is C10H19N5O2S. The predicted molar refractivity (Wildman–Crippen MR) is 72.1 cm³/mol. The molecular weight excluding hydrogens is 254 g/mol. The molecule has 3 N–H and O–H groups in total. The van der Waals surface area contributed by atoms with E-state index in [2.05, 4.69) is 25.3 Å². The van der Waals surface area contributed by atoms with E-state index >= 15 is 0 Å². The van der Waals surface area contributed by atoms with Crippen molar-refractivity contribution in [3.8, 4) is 0 Å². The summed E-state index contributed by atoms with van der Waals surface area (Å²) in [6.45, 7) is 5.16. The fourth-order valence-electron chi connectivity index (χ4n) is 1.32. The van der Waals surface area contributed by atoms with E-state index in [1.165, 1.54) is 0 Å². The van der Waals surface area contributed by atoms with Gasteiger partial charge in [-0.3, -0.25) is 4.98 Å². The Bertz CT molecular complexity index is 463. The number of sulfonamides is 1. The summed E-state index contributed by atoms with van der Waals surface area (Å²) in [6.07, 6.45) is 3.17. The summed E-state index contributed by atoms with van der Waals surface area (Å²) < 4.78 is 25.2. The van der Waals surface area contributed by atoms with Gasteiger partial charge in [0.15, 0.2) is 0 Å². The van der Waals surface area contributed by atoms with Gasteiger partial charge in [-0.05, 0) is 6.92 Å². The van der Waals surface area contributed by atoms with Crippen LogP contribution in [-0.4, -0.2) is 43.8 Å². The quantitative estimate of drug-likeness (QED) is 0.629. The van der Waals surface area contributed by atoms with Gasteiger partial charge in [-0.15, -0.1) is 0 Å². The molecule has 18 heavy (non-hydrogen) atoms. The van der Waals surface area contributed by atoms with Crippen LogP contribution in [0.2, 0.25) is 0 Å². The molecule has 0 spiro atoms. The second kappa shape index (κ2) is 7.12. The zero-order chi connectivity index (χ0) is 13.4. The van der Waals surface area contributed by atoms with Crippen molar-refractivity contribution in [2.45, 2.75) is 13.8 Å². The smallest absolute Gasteiger partial charge is 0.213 e. The molecule has 8 heteroatoms. The molecule has 1 rings (SSSR count). The lowest BCUT2D eigenvalue weighted by atomic mass is 10.5. The lowest BCUT2D eigenvalue weighted by Crippen LogP contribution is -2.29. The van der Waals surface area contributed by atoms with E-state index in [-0.39, 0.29) is 5.75 Å². The first kappa shape index (κ1) is 14.7. The summed E-state index contributed by atoms with van der Waals surface area (Å²) in [5.41, 5.74) is 0. The highest BCUT2D eigenvalue weighted by Crippen LogP contribution is 2.05. The van der Waals surface area contributed by atoms with Crippen molar-refractivity contribution in [3.63, 3.8) is 0 Å². The van der Waals surface area contributed by atoms with Gasteiger partial charge in [-0.25, -0.2) is 18.1 Å². The van der Waals surface area contributed by atoms with E-state index in [1.54, 1.807) is 19.3 Å². The summed E-state index contributed by atoms with van der Waals surface area (Å²) in [6, 6.07) is 0. The van der Waals surface area contributed by atoms with Crippen LogP contribution in [0.1, 0.15) is 13.8 Å². The van der Waals surface area contributed by atoms with Crippen LogP contribution < -0.4 is 15.4 Å². The average molecular weight is 273 g/mol. The number of nitrogens with one attached hydrogen (secondary N) is 3. The Morgan fingerprint density at radius 2 is 1.78 bits per heavy atom. The van der Waals surface area contributed by atoms with Crippen LogP contribution in [-0.2, 0) is 10.0 Å². The van der Waals surface area contributed by atoms with Gasteiger partial charge in [-0.1, -0.05) is 6.92 Å². The Morgan fingerprint density at radius 1 is 1.11 bits per heavy atom. The number of rotatable bonds is 8. The van der Waals surface area contributed by atoms with E-state index < -0.39 is 10.0 Å². The van der Waals surface area contributed by atoms with Gasteiger partial charge in [0.05, 0.1) is 18.1 Å². The van der Waals surface area contributed by atoms with Gasteiger partial charge in [0.2, 0.25) is 10.0 Å². The summed E-state index contributed by atoms with van der Waals surface area (Å²) in [5.74, 6) is 1.23. The van der Waals surface area contributed by atoms with E-state index in [1.807, 2.05) is 6.92 Å². The SMILES string of the molecule is CCNc1cncc(NCCS(=O)(=O)NCC)n1. The number of hydrogen-bond donors (Lipinski definition) is 3. The maximum Gasteiger partial charge on any atom is 0.213 e. The third-order valence-corrected chi connectivity index (χ3v) is 3.50. The lowest BCUT2D eigenvalue weighted by Gasteiger charge is -2.08. The Hall–Kier alpha value is -1.41. The van der Waals surface area contributed by atoms with Gasteiger partial charge < -0.3 is 10.6 Å². The van der Waals surface area contributed by atoms with Crippen LogP contribution in [0.25, 0.3) is 0 Å². The van der Waals surface area contributed by atoms with Crippen LogP contribution in [0, 0.1) is 0 Å². The maximum absolute atomic E-state index is 11.4. The molecule has 0 radical (unpaired) electrons. The molecule has 0 aliphatic rings. The van der Waals surface area contributed by atoms with Crippen molar-refractivity contribution in [2.24, 2.45) is 0 Å². The number of aromatic nitrogens is 2. The summed E-state index contributed by atoms with van der Waals surface area (Å²) in [5, 5.41) is 5.96. The molecule has 0 bridgehead atoms. The molecule has 0 unspecified atom stereocenters. The highest BCUT2D eigenvalue weighted by Gasteiger charge is 2.07. The fourth-order valence-corrected chi connectivity index (χ4v) is 2.28. The highest BCUT2D eigenvalue weighted by molar-refractivity contribution is 7.89. The van der Waals surface area contributed by atoms with Crippen molar-refractivity contribution >= 4 is 21.7 Å². The molecule has 0 aliphatic carbocycles. The molecule has 0 amide bonds. The minimum atomic E-state index is -3.20.